The molecule has 15 nitrogen and oxygen atoms in total. The van der Waals surface area contributed by atoms with Crippen LogP contribution in [0.15, 0.2) is 35.3 Å². The van der Waals surface area contributed by atoms with Gasteiger partial charge in [0.15, 0.2) is 17.3 Å². The third-order valence-corrected chi connectivity index (χ3v) is 7.87. The van der Waals surface area contributed by atoms with E-state index in [1.807, 2.05) is 0 Å². The molecule has 51 heavy (non-hydrogen) atoms. The van der Waals surface area contributed by atoms with Crippen molar-refractivity contribution in [2.75, 3.05) is 20.3 Å². The number of amides is 1. The van der Waals surface area contributed by atoms with Gasteiger partial charge in [0.1, 0.15) is 25.4 Å². The van der Waals surface area contributed by atoms with Gasteiger partial charge in [-0.2, -0.15) is 13.2 Å². The fourth-order valence-corrected chi connectivity index (χ4v) is 5.83. The van der Waals surface area contributed by atoms with Crippen molar-refractivity contribution in [3.63, 3.8) is 0 Å². The fourth-order valence-electron chi connectivity index (χ4n) is 4.51. The Bertz CT molecular complexity index is 1470. The van der Waals surface area contributed by atoms with Crippen molar-refractivity contribution in [3.05, 3.63) is 30.3 Å². The highest BCUT2D eigenvalue weighted by Gasteiger charge is 2.61. The monoisotopic (exact) mass is 810 g/mol. The molecule has 6 atom stereocenters. The number of para-hydroxylation sites is 1. The van der Waals surface area contributed by atoms with Crippen molar-refractivity contribution in [1.82, 2.24) is 5.32 Å². The number of rotatable bonds is 12. The van der Waals surface area contributed by atoms with E-state index in [9.17, 15) is 41.9 Å². The van der Waals surface area contributed by atoms with E-state index in [4.69, 9.17) is 68.0 Å². The van der Waals surface area contributed by atoms with Crippen molar-refractivity contribution in [1.29, 1.82) is 0 Å². The molecule has 22 heteroatoms. The molecule has 1 amide bonds. The zero-order chi connectivity index (χ0) is 38.7. The molecule has 0 bridgehead atoms. The first-order valence-corrected chi connectivity index (χ1v) is 16.3. The Morgan fingerprint density at radius 1 is 0.961 bits per heavy atom. The van der Waals surface area contributed by atoms with Gasteiger partial charge in [0.2, 0.25) is 8.73 Å². The van der Waals surface area contributed by atoms with Gasteiger partial charge in [-0.3, -0.25) is 19.2 Å². The van der Waals surface area contributed by atoms with Crippen molar-refractivity contribution in [2.24, 2.45) is 4.99 Å². The van der Waals surface area contributed by atoms with E-state index in [-0.39, 0.29) is 17.4 Å². The molecule has 0 spiro atoms. The van der Waals surface area contributed by atoms with Crippen LogP contribution in [-0.4, -0.2) is 107 Å². The molecule has 2 rings (SSSR count). The lowest BCUT2D eigenvalue weighted by atomic mass is 9.89. The summed E-state index contributed by atoms with van der Waals surface area (Å²) < 4.78 is 78.4. The number of methoxy groups -OCH3 is 1. The summed E-state index contributed by atoms with van der Waals surface area (Å²) in [7, 11) is 0.815. The molecule has 1 heterocycles. The number of esters is 5. The first-order valence-electron chi connectivity index (χ1n) is 14.4. The molecular formula is C29H32Cl3F3N2O13S. The van der Waals surface area contributed by atoms with Gasteiger partial charge < -0.3 is 38.5 Å². The lowest BCUT2D eigenvalue weighted by molar-refractivity contribution is -0.223. The molecule has 1 aromatic rings. The lowest BCUT2D eigenvalue weighted by Crippen LogP contribution is -2.68. The summed E-state index contributed by atoms with van der Waals surface area (Å²) in [4.78, 5) is 76.1. The third-order valence-electron chi connectivity index (χ3n) is 6.27. The van der Waals surface area contributed by atoms with Gasteiger partial charge in [0.25, 0.3) is 0 Å². The van der Waals surface area contributed by atoms with Crippen LogP contribution in [0.25, 0.3) is 0 Å². The summed E-state index contributed by atoms with van der Waals surface area (Å²) in [6, 6.07) is 4.98. The molecule has 1 N–H and O–H groups in total. The number of nitrogens with one attached hydrogen (secondary N) is 1. The first kappa shape index (κ1) is 43.6. The number of thioether (sulfide) groups is 1. The quantitative estimate of drug-likeness (QED) is 0.102. The maximum atomic E-state index is 14.6. The highest BCUT2D eigenvalue weighted by atomic mass is 35.6. The maximum absolute atomic E-state index is 14.6. The SMILES string of the molecule is COC(=O)[C@@]1(SC(=Nc2ccccc2)C(F)(F)F)C[C@H](OC(C)=O)[C@@H](NC(=O)OCC(Cl)(Cl)Cl)[C@H]([C@H](OC(C)=O)[C@@H](COC(C)=O)OC(C)=O)O1. The topological polar surface area (TPSA) is 191 Å². The summed E-state index contributed by atoms with van der Waals surface area (Å²) in [5.41, 5.74) is -0.188. The molecule has 284 valence electrons. The Kier molecular flexibility index (Phi) is 16.1. The number of alkyl halides is 6. The van der Waals surface area contributed by atoms with Crippen LogP contribution >= 0.6 is 46.6 Å². The van der Waals surface area contributed by atoms with Crippen LogP contribution in [0.1, 0.15) is 34.1 Å². The van der Waals surface area contributed by atoms with Crippen LogP contribution in [-0.2, 0) is 57.1 Å². The predicted octanol–water partition coefficient (Wildman–Crippen LogP) is 4.49. The van der Waals surface area contributed by atoms with E-state index < -0.39 is 106 Å². The molecule has 1 fully saturated rings. The second kappa shape index (κ2) is 18.8. The van der Waals surface area contributed by atoms with Crippen molar-refractivity contribution in [2.45, 2.75) is 79.5 Å². The van der Waals surface area contributed by atoms with Crippen LogP contribution in [0, 0.1) is 0 Å². The van der Waals surface area contributed by atoms with E-state index in [1.165, 1.54) is 30.3 Å². The van der Waals surface area contributed by atoms with Crippen LogP contribution in [0.3, 0.4) is 0 Å². The van der Waals surface area contributed by atoms with E-state index in [2.05, 4.69) is 10.3 Å². The fraction of sp³-hybridized carbons (Fsp3) is 0.552. The van der Waals surface area contributed by atoms with E-state index >= 15 is 0 Å². The number of benzene rings is 1. The number of aliphatic imine (C=N–C) groups is 1. The Morgan fingerprint density at radius 2 is 1.57 bits per heavy atom. The van der Waals surface area contributed by atoms with Crippen LogP contribution < -0.4 is 5.32 Å². The number of alkyl carbamates (subject to hydrolysis) is 1. The molecule has 0 aromatic heterocycles. The van der Waals surface area contributed by atoms with Crippen molar-refractivity contribution in [3.8, 4) is 0 Å². The lowest BCUT2D eigenvalue weighted by Gasteiger charge is -2.48. The minimum Gasteiger partial charge on any atom is -0.466 e. The zero-order valence-electron chi connectivity index (χ0n) is 27.3. The van der Waals surface area contributed by atoms with Crippen molar-refractivity contribution >= 4 is 93.2 Å². The van der Waals surface area contributed by atoms with Gasteiger partial charge in [0, 0.05) is 34.1 Å². The molecule has 1 saturated heterocycles. The first-order chi connectivity index (χ1) is 23.6. The van der Waals surface area contributed by atoms with E-state index in [0.717, 1.165) is 34.8 Å². The minimum atomic E-state index is -5.24. The molecule has 1 aromatic carbocycles. The molecule has 0 unspecified atom stereocenters. The Balaban J connectivity index is 2.92. The minimum absolute atomic E-state index is 0.188. The summed E-state index contributed by atoms with van der Waals surface area (Å²) >= 11 is 16.7. The number of ether oxygens (including phenoxy) is 7. The Labute approximate surface area is 308 Å². The van der Waals surface area contributed by atoms with Gasteiger partial charge in [-0.05, 0) is 12.1 Å². The molecule has 0 aliphatic carbocycles. The number of halogens is 6. The molecular weight excluding hydrogens is 780 g/mol. The maximum Gasteiger partial charge on any atom is 0.439 e. The number of nitrogens with zero attached hydrogens (tertiary/aromatic N) is 1. The zero-order valence-corrected chi connectivity index (χ0v) is 30.4. The number of carbonyl (C=O) groups excluding carboxylic acids is 6. The van der Waals surface area contributed by atoms with Crippen LogP contribution in [0.4, 0.5) is 23.7 Å². The molecule has 0 radical (unpaired) electrons. The van der Waals surface area contributed by atoms with Gasteiger partial charge >= 0.3 is 42.1 Å². The standard InChI is InChI=1S/C29H32Cl3F3N2O13S/c1-14(38)45-12-20(48-16(3)40)22(49-17(4)41)23-21(37-26(43)46-13-28(30,31)32)19(47-15(2)39)11-27(50-23,25(42)44-5)51-24(29(33,34)35)36-18-9-7-6-8-10-18/h6-10,19-23H,11-13H2,1-5H3,(H,37,43)/t19-,20+,21+,22+,23+,27-/m0/s1. The second-order valence-electron chi connectivity index (χ2n) is 10.4. The van der Waals surface area contributed by atoms with E-state index in [1.54, 1.807) is 0 Å². The Hall–Kier alpha value is -3.52. The number of hydrogen-bond donors (Lipinski definition) is 1. The van der Waals surface area contributed by atoms with Gasteiger partial charge in [0.05, 0.1) is 18.8 Å². The molecule has 1 aliphatic heterocycles. The van der Waals surface area contributed by atoms with Gasteiger partial charge in [-0.15, -0.1) is 0 Å². The van der Waals surface area contributed by atoms with Gasteiger partial charge in [-0.1, -0.05) is 64.8 Å². The Morgan fingerprint density at radius 3 is 2.06 bits per heavy atom. The summed E-state index contributed by atoms with van der Waals surface area (Å²) in [5, 5.41) is 0.604. The normalized spacial score (nSPS) is 22.0. The smallest absolute Gasteiger partial charge is 0.439 e. The number of hydrogen-bond acceptors (Lipinski definition) is 15. The average molecular weight is 812 g/mol. The molecule has 0 saturated carbocycles. The van der Waals surface area contributed by atoms with Crippen molar-refractivity contribution < 1.29 is 75.1 Å². The highest BCUT2D eigenvalue weighted by molar-refractivity contribution is 8.15. The average Bonchev–Trinajstić information content (AvgIpc) is 3.00. The third kappa shape index (κ3) is 14.2. The molecule has 1 aliphatic rings. The van der Waals surface area contributed by atoms with Crippen LogP contribution in [0.2, 0.25) is 0 Å². The predicted molar refractivity (Wildman–Crippen MR) is 173 cm³/mol. The van der Waals surface area contributed by atoms with Gasteiger partial charge in [-0.25, -0.2) is 14.6 Å². The van der Waals surface area contributed by atoms with E-state index in [0.29, 0.717) is 0 Å². The summed E-state index contributed by atoms with van der Waals surface area (Å²) in [6.45, 7) is 1.99. The number of carbonyl (C=O) groups is 6. The summed E-state index contributed by atoms with van der Waals surface area (Å²) in [5.74, 6) is -5.62. The second-order valence-corrected chi connectivity index (χ2v) is 14.2. The summed E-state index contributed by atoms with van der Waals surface area (Å²) in [6.07, 6.45) is -15.4. The van der Waals surface area contributed by atoms with Crippen LogP contribution in [0.5, 0.6) is 0 Å². The highest BCUT2D eigenvalue weighted by Crippen LogP contribution is 2.46. The largest absolute Gasteiger partial charge is 0.466 e.